The number of carbonyl (C=O) groups is 2. The van der Waals surface area contributed by atoms with Crippen molar-refractivity contribution in [2.75, 3.05) is 13.7 Å². The van der Waals surface area contributed by atoms with E-state index in [1.54, 1.807) is 31.3 Å². The van der Waals surface area contributed by atoms with Gasteiger partial charge >= 0.3 is 0 Å². The first-order valence-electron chi connectivity index (χ1n) is 8.21. The summed E-state index contributed by atoms with van der Waals surface area (Å²) >= 11 is 0. The summed E-state index contributed by atoms with van der Waals surface area (Å²) in [6, 6.07) is 7.59. The van der Waals surface area contributed by atoms with Crippen LogP contribution in [0.25, 0.3) is 0 Å². The Labute approximate surface area is 146 Å². The third-order valence-corrected chi connectivity index (χ3v) is 4.42. The smallest absolute Gasteiger partial charge is 0.253 e. The van der Waals surface area contributed by atoms with Crippen LogP contribution in [0.5, 0.6) is 5.75 Å². The summed E-state index contributed by atoms with van der Waals surface area (Å²) in [7, 11) is 1.62. The molecule has 3 rings (SSSR count). The lowest BCUT2D eigenvalue weighted by Crippen LogP contribution is -2.36. The topological polar surface area (TPSA) is 71.5 Å². The molecule has 0 unspecified atom stereocenters. The van der Waals surface area contributed by atoms with Crippen molar-refractivity contribution in [2.24, 2.45) is 0 Å². The van der Waals surface area contributed by atoms with Crippen molar-refractivity contribution < 1.29 is 14.3 Å². The van der Waals surface area contributed by atoms with E-state index >= 15 is 0 Å². The number of hydrogen-bond acceptors (Lipinski definition) is 4. The summed E-state index contributed by atoms with van der Waals surface area (Å²) in [6.07, 6.45) is 4.01. The fourth-order valence-corrected chi connectivity index (χ4v) is 3.02. The number of nitrogens with zero attached hydrogens (tertiary/aromatic N) is 2. The number of methoxy groups -OCH3 is 1. The molecule has 2 aromatic rings. The molecule has 1 N–H and O–H groups in total. The molecule has 2 heterocycles. The summed E-state index contributed by atoms with van der Waals surface area (Å²) in [5, 5.41) is 2.94. The van der Waals surface area contributed by atoms with E-state index in [0.29, 0.717) is 31.6 Å². The molecular weight excluding hydrogens is 318 g/mol. The largest absolute Gasteiger partial charge is 0.497 e. The Morgan fingerprint density at radius 1 is 1.32 bits per heavy atom. The second kappa shape index (κ2) is 7.34. The quantitative estimate of drug-likeness (QED) is 0.924. The van der Waals surface area contributed by atoms with Crippen LogP contribution in [0.3, 0.4) is 0 Å². The van der Waals surface area contributed by atoms with E-state index in [1.807, 2.05) is 24.3 Å². The molecule has 2 amide bonds. The first kappa shape index (κ1) is 17.0. The predicted octanol–water partition coefficient (Wildman–Crippen LogP) is 1.92. The van der Waals surface area contributed by atoms with Crippen molar-refractivity contribution in [3.63, 3.8) is 0 Å². The van der Waals surface area contributed by atoms with Crippen LogP contribution in [0.15, 0.2) is 36.7 Å². The minimum absolute atomic E-state index is 0.0403. The Morgan fingerprint density at radius 3 is 2.92 bits per heavy atom. The van der Waals surface area contributed by atoms with Crippen molar-refractivity contribution in [2.45, 2.75) is 26.4 Å². The van der Waals surface area contributed by atoms with E-state index in [1.165, 1.54) is 0 Å². The molecule has 1 aliphatic heterocycles. The molecule has 0 fully saturated rings. The Bertz CT molecular complexity index is 804. The molecule has 1 aliphatic rings. The lowest BCUT2D eigenvalue weighted by molar-refractivity contribution is -0.129. The van der Waals surface area contributed by atoms with E-state index in [9.17, 15) is 9.59 Å². The number of benzene rings is 1. The average molecular weight is 339 g/mol. The molecule has 0 aliphatic carbocycles. The zero-order chi connectivity index (χ0) is 17.8. The first-order chi connectivity index (χ1) is 12.1. The Balaban J connectivity index is 1.73. The highest BCUT2D eigenvalue weighted by Crippen LogP contribution is 2.22. The third-order valence-electron chi connectivity index (χ3n) is 4.42. The van der Waals surface area contributed by atoms with Gasteiger partial charge in [0.2, 0.25) is 5.91 Å². The van der Waals surface area contributed by atoms with E-state index in [0.717, 1.165) is 22.4 Å². The molecule has 0 saturated heterocycles. The van der Waals surface area contributed by atoms with Crippen molar-refractivity contribution in [3.8, 4) is 5.75 Å². The van der Waals surface area contributed by atoms with Crippen molar-refractivity contribution in [1.82, 2.24) is 15.2 Å². The Morgan fingerprint density at radius 2 is 2.16 bits per heavy atom. The second-order valence-electron chi connectivity index (χ2n) is 6.05. The molecule has 0 atom stereocenters. The standard InChI is InChI=1S/C19H21N3O3/c1-13(23)22-7-6-17-15(12-22)10-20-11-18(17)19(24)21-9-14-4-3-5-16(8-14)25-2/h3-5,8,10-11H,6-7,9,12H2,1-2H3,(H,21,24). The maximum Gasteiger partial charge on any atom is 0.253 e. The van der Waals surface area contributed by atoms with Crippen molar-refractivity contribution in [1.29, 1.82) is 0 Å². The summed E-state index contributed by atoms with van der Waals surface area (Å²) in [5.41, 5.74) is 3.47. The number of carbonyl (C=O) groups excluding carboxylic acids is 2. The average Bonchev–Trinajstić information content (AvgIpc) is 2.65. The predicted molar refractivity (Wildman–Crippen MR) is 93.2 cm³/mol. The molecule has 0 spiro atoms. The van der Waals surface area contributed by atoms with Gasteiger partial charge in [-0.3, -0.25) is 14.6 Å². The fourth-order valence-electron chi connectivity index (χ4n) is 3.02. The van der Waals surface area contributed by atoms with Crippen LogP contribution in [0, 0.1) is 0 Å². The van der Waals surface area contributed by atoms with Crippen LogP contribution >= 0.6 is 0 Å². The number of fused-ring (bicyclic) bond motifs is 1. The number of hydrogen-bond donors (Lipinski definition) is 1. The highest BCUT2D eigenvalue weighted by atomic mass is 16.5. The zero-order valence-corrected chi connectivity index (χ0v) is 14.4. The Hall–Kier alpha value is -2.89. The van der Waals surface area contributed by atoms with E-state index in [4.69, 9.17) is 4.74 Å². The molecule has 0 bridgehead atoms. The number of pyridine rings is 1. The monoisotopic (exact) mass is 339 g/mol. The minimum Gasteiger partial charge on any atom is -0.497 e. The lowest BCUT2D eigenvalue weighted by Gasteiger charge is -2.28. The van der Waals surface area contributed by atoms with Gasteiger partial charge in [0, 0.05) is 39.0 Å². The van der Waals surface area contributed by atoms with Gasteiger partial charge in [-0.05, 0) is 35.2 Å². The molecule has 25 heavy (non-hydrogen) atoms. The van der Waals surface area contributed by atoms with Crippen molar-refractivity contribution >= 4 is 11.8 Å². The number of ether oxygens (including phenoxy) is 1. The maximum atomic E-state index is 12.6. The van der Waals surface area contributed by atoms with Gasteiger partial charge in [0.15, 0.2) is 0 Å². The molecule has 6 nitrogen and oxygen atoms in total. The normalized spacial score (nSPS) is 13.1. The van der Waals surface area contributed by atoms with E-state index in [-0.39, 0.29) is 11.8 Å². The lowest BCUT2D eigenvalue weighted by atomic mass is 9.96. The number of aromatic nitrogens is 1. The first-order valence-corrected chi connectivity index (χ1v) is 8.21. The van der Waals surface area contributed by atoms with Gasteiger partial charge in [-0.25, -0.2) is 0 Å². The molecule has 130 valence electrons. The van der Waals surface area contributed by atoms with Gasteiger partial charge in [-0.1, -0.05) is 12.1 Å². The summed E-state index contributed by atoms with van der Waals surface area (Å²) in [6.45, 7) is 3.11. The van der Waals surface area contributed by atoms with Crippen LogP contribution in [-0.4, -0.2) is 35.4 Å². The van der Waals surface area contributed by atoms with Crippen LogP contribution < -0.4 is 10.1 Å². The Kier molecular flexibility index (Phi) is 4.97. The highest BCUT2D eigenvalue weighted by molar-refractivity contribution is 5.95. The zero-order valence-electron chi connectivity index (χ0n) is 14.4. The van der Waals surface area contributed by atoms with E-state index < -0.39 is 0 Å². The second-order valence-corrected chi connectivity index (χ2v) is 6.05. The fraction of sp³-hybridized carbons (Fsp3) is 0.316. The van der Waals surface area contributed by atoms with Crippen LogP contribution in [0.4, 0.5) is 0 Å². The maximum absolute atomic E-state index is 12.6. The highest BCUT2D eigenvalue weighted by Gasteiger charge is 2.23. The number of amides is 2. The summed E-state index contributed by atoms with van der Waals surface area (Å²) in [5.74, 6) is 0.650. The van der Waals surface area contributed by atoms with Gasteiger partial charge in [-0.2, -0.15) is 0 Å². The van der Waals surface area contributed by atoms with E-state index in [2.05, 4.69) is 10.3 Å². The minimum atomic E-state index is -0.150. The van der Waals surface area contributed by atoms with Gasteiger partial charge in [0.05, 0.1) is 12.7 Å². The number of nitrogens with one attached hydrogen (secondary N) is 1. The summed E-state index contributed by atoms with van der Waals surface area (Å²) < 4.78 is 5.20. The molecule has 6 heteroatoms. The van der Waals surface area contributed by atoms with Crippen LogP contribution in [0.1, 0.15) is 34.0 Å². The molecule has 0 radical (unpaired) electrons. The van der Waals surface area contributed by atoms with Crippen molar-refractivity contribution in [3.05, 3.63) is 58.9 Å². The van der Waals surface area contributed by atoms with Gasteiger partial charge in [0.1, 0.15) is 5.75 Å². The summed E-state index contributed by atoms with van der Waals surface area (Å²) in [4.78, 5) is 30.1. The molecule has 1 aromatic carbocycles. The molecule has 1 aromatic heterocycles. The number of rotatable bonds is 4. The molecule has 0 saturated carbocycles. The van der Waals surface area contributed by atoms with Crippen LogP contribution in [-0.2, 0) is 24.3 Å². The molecular formula is C19H21N3O3. The van der Waals surface area contributed by atoms with Gasteiger partial charge < -0.3 is 15.0 Å². The SMILES string of the molecule is COc1cccc(CNC(=O)c2cncc3c2CCN(C(C)=O)C3)c1. The van der Waals surface area contributed by atoms with Gasteiger partial charge in [-0.15, -0.1) is 0 Å². The van der Waals surface area contributed by atoms with Gasteiger partial charge in [0.25, 0.3) is 5.91 Å². The van der Waals surface area contributed by atoms with Crippen LogP contribution in [0.2, 0.25) is 0 Å². The third kappa shape index (κ3) is 3.79.